The molecule has 0 unspecified atom stereocenters. The van der Waals surface area contributed by atoms with Gasteiger partial charge in [-0.05, 0) is 6.07 Å². The van der Waals surface area contributed by atoms with E-state index in [4.69, 9.17) is 9.47 Å². The molecule has 0 heterocycles. The van der Waals surface area contributed by atoms with Gasteiger partial charge in [0, 0.05) is 12.1 Å². The quantitative estimate of drug-likeness (QED) is 0.320. The molecule has 110 valence electrons. The van der Waals surface area contributed by atoms with E-state index in [0.717, 1.165) is 0 Å². The number of hydrogen-bond acceptors (Lipinski definition) is 4. The van der Waals surface area contributed by atoms with Crippen LogP contribution in [0.5, 0.6) is 11.5 Å². The molecule has 0 N–H and O–H groups in total. The lowest BCUT2D eigenvalue weighted by molar-refractivity contribution is -0.385. The van der Waals surface area contributed by atoms with Crippen LogP contribution in [0.2, 0.25) is 0 Å². The van der Waals surface area contributed by atoms with Gasteiger partial charge in [-0.15, -0.1) is 0 Å². The molecule has 21 heavy (non-hydrogen) atoms. The molecule has 0 aliphatic rings. The molecular formula is C14H11Br2NO4. The number of nitrogens with zero attached hydrogens (tertiary/aromatic N) is 1. The zero-order chi connectivity index (χ0) is 15.5. The summed E-state index contributed by atoms with van der Waals surface area (Å²) in [6, 6.07) is 4.30. The third-order valence-corrected chi connectivity index (χ3v) is 2.68. The first kappa shape index (κ1) is 17.4. The minimum absolute atomic E-state index is 0.0687. The Balaban J connectivity index is 2.82. The standard InChI is InChI=1S/C14H11Br2NO4/c15-7-1-3-9-20-12-5-6-13(17(18)19)14(11-12)21-10-4-2-8-16/h5-6,11H,7-10H2. The molecule has 0 amide bonds. The van der Waals surface area contributed by atoms with Crippen molar-refractivity contribution in [3.05, 3.63) is 28.3 Å². The average molecular weight is 417 g/mol. The van der Waals surface area contributed by atoms with Gasteiger partial charge in [-0.1, -0.05) is 55.5 Å². The second kappa shape index (κ2) is 10.1. The Morgan fingerprint density at radius 2 is 1.67 bits per heavy atom. The Morgan fingerprint density at radius 1 is 1.05 bits per heavy atom. The highest BCUT2D eigenvalue weighted by molar-refractivity contribution is 9.09. The van der Waals surface area contributed by atoms with Crippen LogP contribution in [0.15, 0.2) is 18.2 Å². The van der Waals surface area contributed by atoms with Gasteiger partial charge >= 0.3 is 5.69 Å². The van der Waals surface area contributed by atoms with Crippen LogP contribution in [0.3, 0.4) is 0 Å². The van der Waals surface area contributed by atoms with Gasteiger partial charge in [0.1, 0.15) is 19.0 Å². The predicted molar refractivity (Wildman–Crippen MR) is 87.2 cm³/mol. The molecule has 7 heteroatoms. The van der Waals surface area contributed by atoms with Crippen molar-refractivity contribution in [1.82, 2.24) is 0 Å². The minimum atomic E-state index is -0.512. The largest absolute Gasteiger partial charge is 0.481 e. The van der Waals surface area contributed by atoms with Gasteiger partial charge < -0.3 is 9.47 Å². The zero-order valence-electron chi connectivity index (χ0n) is 10.9. The summed E-state index contributed by atoms with van der Waals surface area (Å²) in [6.07, 6.45) is 0. The van der Waals surface area contributed by atoms with Gasteiger partial charge in [0.2, 0.25) is 5.75 Å². The van der Waals surface area contributed by atoms with Crippen molar-refractivity contribution in [2.45, 2.75) is 0 Å². The van der Waals surface area contributed by atoms with E-state index in [2.05, 4.69) is 55.5 Å². The molecule has 1 aromatic rings. The molecule has 0 atom stereocenters. The lowest BCUT2D eigenvalue weighted by atomic mass is 10.3. The molecule has 0 aromatic heterocycles. The van der Waals surface area contributed by atoms with Crippen LogP contribution in [0.25, 0.3) is 0 Å². The SMILES string of the molecule is O=[N+]([O-])c1ccc(OCC#CCBr)cc1OCC#CCBr. The van der Waals surface area contributed by atoms with Gasteiger partial charge in [0.05, 0.1) is 15.6 Å². The number of nitro groups is 1. The van der Waals surface area contributed by atoms with E-state index in [-0.39, 0.29) is 24.7 Å². The highest BCUT2D eigenvalue weighted by atomic mass is 79.9. The summed E-state index contributed by atoms with van der Waals surface area (Å²) >= 11 is 6.33. The Labute approximate surface area is 139 Å². The number of nitro benzene ring substituents is 1. The fourth-order valence-electron chi connectivity index (χ4n) is 1.28. The Kier molecular flexibility index (Phi) is 8.34. The van der Waals surface area contributed by atoms with Crippen LogP contribution >= 0.6 is 31.9 Å². The summed E-state index contributed by atoms with van der Waals surface area (Å²) < 4.78 is 10.7. The van der Waals surface area contributed by atoms with Crippen LogP contribution in [0.1, 0.15) is 0 Å². The maximum Gasteiger partial charge on any atom is 0.311 e. The predicted octanol–water partition coefficient (Wildman–Crippen LogP) is 3.15. The number of rotatable bonds is 5. The summed E-state index contributed by atoms with van der Waals surface area (Å²) in [7, 11) is 0. The zero-order valence-corrected chi connectivity index (χ0v) is 14.1. The molecule has 5 nitrogen and oxygen atoms in total. The number of ether oxygens (including phenoxy) is 2. The lowest BCUT2D eigenvalue weighted by Crippen LogP contribution is -2.00. The van der Waals surface area contributed by atoms with Crippen molar-refractivity contribution in [3.8, 4) is 35.2 Å². The molecule has 0 bridgehead atoms. The van der Waals surface area contributed by atoms with Crippen LogP contribution in [0, 0.1) is 33.8 Å². The van der Waals surface area contributed by atoms with Crippen LogP contribution in [-0.4, -0.2) is 28.8 Å². The summed E-state index contributed by atoms with van der Waals surface area (Å²) in [5.74, 6) is 11.6. The fraction of sp³-hybridized carbons (Fsp3) is 0.286. The average Bonchev–Trinajstić information content (AvgIpc) is 2.48. The maximum atomic E-state index is 10.9. The van der Waals surface area contributed by atoms with Gasteiger partial charge in [0.15, 0.2) is 0 Å². The molecule has 0 saturated carbocycles. The first-order valence-corrected chi connectivity index (χ1v) is 8.00. The molecule has 0 radical (unpaired) electrons. The highest BCUT2D eigenvalue weighted by Crippen LogP contribution is 2.31. The Hall–Kier alpha value is -1.70. The number of benzene rings is 1. The van der Waals surface area contributed by atoms with Gasteiger partial charge in [-0.25, -0.2) is 0 Å². The van der Waals surface area contributed by atoms with Crippen LogP contribution < -0.4 is 9.47 Å². The maximum absolute atomic E-state index is 10.9. The highest BCUT2D eigenvalue weighted by Gasteiger charge is 2.15. The third-order valence-electron chi connectivity index (χ3n) is 2.12. The molecule has 0 aliphatic carbocycles. The van der Waals surface area contributed by atoms with Crippen LogP contribution in [-0.2, 0) is 0 Å². The van der Waals surface area contributed by atoms with Gasteiger partial charge in [0.25, 0.3) is 0 Å². The first-order valence-electron chi connectivity index (χ1n) is 5.76. The fourth-order valence-corrected chi connectivity index (χ4v) is 1.68. The van der Waals surface area contributed by atoms with E-state index in [9.17, 15) is 10.1 Å². The lowest BCUT2D eigenvalue weighted by Gasteiger charge is -2.06. The second-order valence-corrected chi connectivity index (χ2v) is 4.56. The third kappa shape index (κ3) is 6.52. The van der Waals surface area contributed by atoms with E-state index in [0.29, 0.717) is 16.4 Å². The van der Waals surface area contributed by atoms with Crippen LogP contribution in [0.4, 0.5) is 5.69 Å². The monoisotopic (exact) mass is 415 g/mol. The van der Waals surface area contributed by atoms with Crippen molar-refractivity contribution in [2.24, 2.45) is 0 Å². The Morgan fingerprint density at radius 3 is 2.24 bits per heavy atom. The topological polar surface area (TPSA) is 61.6 Å². The molecule has 0 aliphatic heterocycles. The van der Waals surface area contributed by atoms with Crippen molar-refractivity contribution in [2.75, 3.05) is 23.9 Å². The van der Waals surface area contributed by atoms with Gasteiger partial charge in [-0.2, -0.15) is 0 Å². The summed E-state index contributed by atoms with van der Waals surface area (Å²) in [5, 5.41) is 12.0. The molecule has 1 rings (SSSR count). The number of hydrogen-bond donors (Lipinski definition) is 0. The summed E-state index contributed by atoms with van der Waals surface area (Å²) in [4.78, 5) is 10.4. The van der Waals surface area contributed by atoms with E-state index in [1.807, 2.05) is 0 Å². The van der Waals surface area contributed by atoms with E-state index >= 15 is 0 Å². The molecule has 1 aromatic carbocycles. The van der Waals surface area contributed by atoms with Crippen molar-refractivity contribution in [3.63, 3.8) is 0 Å². The molecule has 0 fully saturated rings. The normalized spacial score (nSPS) is 8.86. The van der Waals surface area contributed by atoms with Crippen molar-refractivity contribution < 1.29 is 14.4 Å². The van der Waals surface area contributed by atoms with Gasteiger partial charge in [-0.3, -0.25) is 10.1 Å². The van der Waals surface area contributed by atoms with E-state index < -0.39 is 4.92 Å². The van der Waals surface area contributed by atoms with E-state index in [1.165, 1.54) is 18.2 Å². The summed E-state index contributed by atoms with van der Waals surface area (Å²) in [6.45, 7) is 0.269. The smallest absolute Gasteiger partial charge is 0.311 e. The first-order chi connectivity index (χ1) is 10.2. The molecular weight excluding hydrogens is 406 g/mol. The Bertz CT molecular complexity index is 611. The molecule has 0 spiro atoms. The molecule has 0 saturated heterocycles. The second-order valence-electron chi connectivity index (χ2n) is 3.44. The number of halogens is 2. The minimum Gasteiger partial charge on any atom is -0.481 e. The van der Waals surface area contributed by atoms with Crippen molar-refractivity contribution >= 4 is 37.5 Å². The number of alkyl halides is 2. The summed E-state index contributed by atoms with van der Waals surface area (Å²) in [5.41, 5.74) is -0.130. The van der Waals surface area contributed by atoms with E-state index in [1.54, 1.807) is 0 Å². The van der Waals surface area contributed by atoms with Crippen molar-refractivity contribution in [1.29, 1.82) is 0 Å².